The van der Waals surface area contributed by atoms with E-state index in [9.17, 15) is 8.42 Å². The number of hydrogen-bond acceptors (Lipinski definition) is 6. The van der Waals surface area contributed by atoms with Crippen LogP contribution < -0.4 is 14.5 Å². The smallest absolute Gasteiger partial charge is 0.266 e. The number of hydrogen-bond donors (Lipinski definition) is 1. The highest BCUT2D eigenvalue weighted by Gasteiger charge is 2.37. The van der Waals surface area contributed by atoms with Crippen LogP contribution in [-0.2, 0) is 16.6 Å². The second-order valence-electron chi connectivity index (χ2n) is 6.87. The molecule has 2 aliphatic heterocycles. The summed E-state index contributed by atoms with van der Waals surface area (Å²) < 4.78 is 27.8. The summed E-state index contributed by atoms with van der Waals surface area (Å²) in [6, 6.07) is 12.4. The summed E-state index contributed by atoms with van der Waals surface area (Å²) in [6.45, 7) is 3.45. The molecule has 2 aromatic carbocycles. The van der Waals surface area contributed by atoms with Crippen LogP contribution in [0.1, 0.15) is 5.56 Å². The van der Waals surface area contributed by atoms with Gasteiger partial charge in [0.05, 0.1) is 17.0 Å². The lowest BCUT2D eigenvalue weighted by molar-refractivity contribution is 0.580. The first-order valence-corrected chi connectivity index (χ1v) is 10.9. The second kappa shape index (κ2) is 6.58. The van der Waals surface area contributed by atoms with Crippen LogP contribution in [-0.4, -0.2) is 44.6 Å². The van der Waals surface area contributed by atoms with Crippen LogP contribution in [0.25, 0.3) is 10.9 Å². The van der Waals surface area contributed by atoms with Crippen molar-refractivity contribution in [3.05, 3.63) is 53.1 Å². The summed E-state index contributed by atoms with van der Waals surface area (Å²) in [5.74, 6) is 0.964. The number of benzene rings is 2. The van der Waals surface area contributed by atoms with Gasteiger partial charge in [-0.3, -0.25) is 0 Å². The normalized spacial score (nSPS) is 18.5. The highest BCUT2D eigenvalue weighted by atomic mass is 35.5. The molecule has 1 fully saturated rings. The Kier molecular flexibility index (Phi) is 4.15. The number of para-hydroxylation sites is 1. The van der Waals surface area contributed by atoms with Crippen molar-refractivity contribution >= 4 is 44.3 Å². The Morgan fingerprint density at radius 3 is 2.64 bits per heavy atom. The molecule has 28 heavy (non-hydrogen) atoms. The standard InChI is InChI=1S/C19H18ClN5O2S/c20-14-5-6-17-13(11-14)12-25(28(17,26)27)18-15-3-1-2-4-16(15)22-19(23-18)24-9-7-21-8-10-24/h1-6,11,21H,7-10,12H2. The Morgan fingerprint density at radius 2 is 1.82 bits per heavy atom. The number of nitrogens with one attached hydrogen (secondary N) is 1. The molecule has 7 nitrogen and oxygen atoms in total. The fourth-order valence-corrected chi connectivity index (χ4v) is 5.52. The minimum Gasteiger partial charge on any atom is -0.338 e. The average Bonchev–Trinajstić information content (AvgIpc) is 2.97. The summed E-state index contributed by atoms with van der Waals surface area (Å²) >= 11 is 6.08. The van der Waals surface area contributed by atoms with Crippen molar-refractivity contribution in [1.82, 2.24) is 15.3 Å². The van der Waals surface area contributed by atoms with Crippen LogP contribution in [0, 0.1) is 0 Å². The Morgan fingerprint density at radius 1 is 1.04 bits per heavy atom. The predicted molar refractivity (Wildman–Crippen MR) is 109 cm³/mol. The molecule has 0 amide bonds. The van der Waals surface area contributed by atoms with E-state index in [1.807, 2.05) is 24.3 Å². The van der Waals surface area contributed by atoms with Crippen LogP contribution >= 0.6 is 11.6 Å². The molecule has 2 aliphatic rings. The van der Waals surface area contributed by atoms with Gasteiger partial charge in [-0.05, 0) is 35.9 Å². The molecule has 9 heteroatoms. The zero-order valence-corrected chi connectivity index (χ0v) is 16.5. The summed E-state index contributed by atoms with van der Waals surface area (Å²) in [6.07, 6.45) is 0. The zero-order chi connectivity index (χ0) is 19.3. The quantitative estimate of drug-likeness (QED) is 0.692. The highest BCUT2D eigenvalue weighted by Crippen LogP contribution is 2.38. The minimum atomic E-state index is -3.70. The maximum atomic E-state index is 13.2. The third-order valence-electron chi connectivity index (χ3n) is 5.11. The van der Waals surface area contributed by atoms with Crippen molar-refractivity contribution < 1.29 is 8.42 Å². The maximum absolute atomic E-state index is 13.2. The predicted octanol–water partition coefficient (Wildman–Crippen LogP) is 2.40. The van der Waals surface area contributed by atoms with Gasteiger partial charge in [-0.15, -0.1) is 0 Å². The first-order valence-electron chi connectivity index (χ1n) is 9.08. The molecule has 0 spiro atoms. The Labute approximate surface area is 168 Å². The monoisotopic (exact) mass is 415 g/mol. The van der Waals surface area contributed by atoms with Gasteiger partial charge in [-0.25, -0.2) is 17.7 Å². The molecule has 1 N–H and O–H groups in total. The number of piperazine rings is 1. The summed E-state index contributed by atoms with van der Waals surface area (Å²) in [4.78, 5) is 11.8. The fourth-order valence-electron chi connectivity index (χ4n) is 3.71. The van der Waals surface area contributed by atoms with Gasteiger partial charge < -0.3 is 10.2 Å². The van der Waals surface area contributed by atoms with Gasteiger partial charge in [-0.1, -0.05) is 23.7 Å². The van der Waals surface area contributed by atoms with Crippen LogP contribution in [0.15, 0.2) is 47.4 Å². The zero-order valence-electron chi connectivity index (χ0n) is 15.0. The Balaban J connectivity index is 1.68. The second-order valence-corrected chi connectivity index (χ2v) is 9.13. The van der Waals surface area contributed by atoms with Gasteiger partial charge in [0, 0.05) is 36.6 Å². The van der Waals surface area contributed by atoms with Gasteiger partial charge in [0.15, 0.2) is 5.82 Å². The van der Waals surface area contributed by atoms with Crippen LogP contribution in [0.3, 0.4) is 0 Å². The van der Waals surface area contributed by atoms with Crippen LogP contribution in [0.2, 0.25) is 5.02 Å². The molecule has 144 valence electrons. The number of anilines is 2. The molecule has 1 aromatic heterocycles. The minimum absolute atomic E-state index is 0.209. The summed E-state index contributed by atoms with van der Waals surface area (Å²) in [5.41, 5.74) is 1.41. The molecule has 0 aliphatic carbocycles. The lowest BCUT2D eigenvalue weighted by Crippen LogP contribution is -2.44. The van der Waals surface area contributed by atoms with E-state index >= 15 is 0 Å². The van der Waals surface area contributed by atoms with Crippen molar-refractivity contribution in [2.45, 2.75) is 11.4 Å². The third kappa shape index (κ3) is 2.80. The van der Waals surface area contributed by atoms with E-state index in [0.717, 1.165) is 31.7 Å². The fraction of sp³-hybridized carbons (Fsp3) is 0.263. The molecule has 0 atom stereocenters. The number of nitrogens with zero attached hydrogens (tertiary/aromatic N) is 4. The lowest BCUT2D eigenvalue weighted by Gasteiger charge is -2.28. The van der Waals surface area contributed by atoms with Gasteiger partial charge in [-0.2, -0.15) is 4.98 Å². The molecule has 3 aromatic rings. The van der Waals surface area contributed by atoms with Gasteiger partial charge in [0.2, 0.25) is 5.95 Å². The first kappa shape index (κ1) is 17.7. The van der Waals surface area contributed by atoms with Crippen molar-refractivity contribution in [3.63, 3.8) is 0 Å². The highest BCUT2D eigenvalue weighted by molar-refractivity contribution is 7.93. The molecule has 1 saturated heterocycles. The number of sulfonamides is 1. The van der Waals surface area contributed by atoms with E-state index in [2.05, 4.69) is 15.2 Å². The van der Waals surface area contributed by atoms with Crippen molar-refractivity contribution in [2.24, 2.45) is 0 Å². The molecule has 3 heterocycles. The molecule has 0 saturated carbocycles. The molecule has 0 bridgehead atoms. The van der Waals surface area contributed by atoms with Crippen LogP contribution in [0.5, 0.6) is 0 Å². The number of halogens is 1. The van der Waals surface area contributed by atoms with E-state index in [4.69, 9.17) is 16.6 Å². The molecule has 0 unspecified atom stereocenters. The molecule has 0 radical (unpaired) electrons. The summed E-state index contributed by atoms with van der Waals surface area (Å²) in [5, 5.41) is 4.54. The Hall–Kier alpha value is -2.42. The number of fused-ring (bicyclic) bond motifs is 2. The topological polar surface area (TPSA) is 78.4 Å². The van der Waals surface area contributed by atoms with E-state index in [1.54, 1.807) is 18.2 Å². The van der Waals surface area contributed by atoms with Crippen molar-refractivity contribution in [3.8, 4) is 0 Å². The largest absolute Gasteiger partial charge is 0.338 e. The van der Waals surface area contributed by atoms with Crippen molar-refractivity contribution in [1.29, 1.82) is 0 Å². The number of aromatic nitrogens is 2. The van der Waals surface area contributed by atoms with Gasteiger partial charge in [0.25, 0.3) is 10.0 Å². The van der Waals surface area contributed by atoms with Crippen LogP contribution in [0.4, 0.5) is 11.8 Å². The lowest BCUT2D eigenvalue weighted by atomic mass is 10.2. The third-order valence-corrected chi connectivity index (χ3v) is 7.18. The first-order chi connectivity index (χ1) is 13.5. The SMILES string of the molecule is O=S1(=O)c2ccc(Cl)cc2CN1c1nc(N2CCNCC2)nc2ccccc12. The summed E-state index contributed by atoms with van der Waals surface area (Å²) in [7, 11) is -3.70. The number of rotatable bonds is 2. The van der Waals surface area contributed by atoms with Gasteiger partial charge in [0.1, 0.15) is 0 Å². The molecular formula is C19H18ClN5O2S. The molecule has 5 rings (SSSR count). The average molecular weight is 416 g/mol. The van der Waals surface area contributed by atoms with E-state index in [0.29, 0.717) is 27.7 Å². The van der Waals surface area contributed by atoms with E-state index < -0.39 is 10.0 Å². The van der Waals surface area contributed by atoms with Crippen molar-refractivity contribution in [2.75, 3.05) is 35.4 Å². The maximum Gasteiger partial charge on any atom is 0.266 e. The van der Waals surface area contributed by atoms with E-state index in [-0.39, 0.29) is 11.4 Å². The van der Waals surface area contributed by atoms with Gasteiger partial charge >= 0.3 is 0 Å². The van der Waals surface area contributed by atoms with E-state index in [1.165, 1.54) is 4.31 Å². The Bertz CT molecular complexity index is 1180. The molecular weight excluding hydrogens is 398 g/mol.